The summed E-state index contributed by atoms with van der Waals surface area (Å²) in [6.07, 6.45) is -4.68. The first-order valence-corrected chi connectivity index (χ1v) is 11.9. The van der Waals surface area contributed by atoms with Crippen LogP contribution in [0.2, 0.25) is 0 Å². The number of halogens is 4. The Morgan fingerprint density at radius 1 is 1.03 bits per heavy atom. The van der Waals surface area contributed by atoms with E-state index in [-0.39, 0.29) is 27.9 Å². The number of benzene rings is 2. The van der Waals surface area contributed by atoms with Crippen molar-refractivity contribution < 1.29 is 35.7 Å². The van der Waals surface area contributed by atoms with E-state index in [1.807, 2.05) is 0 Å². The summed E-state index contributed by atoms with van der Waals surface area (Å²) in [6.45, 7) is 3.29. The maximum atomic E-state index is 13.1. The zero-order valence-corrected chi connectivity index (χ0v) is 20.0. The van der Waals surface area contributed by atoms with Gasteiger partial charge in [-0.2, -0.15) is 13.2 Å². The van der Waals surface area contributed by atoms with Gasteiger partial charge in [0, 0.05) is 11.3 Å². The lowest BCUT2D eigenvalue weighted by molar-refractivity contribution is -0.137. The Kier molecular flexibility index (Phi) is 6.31. The third kappa shape index (κ3) is 4.66. The van der Waals surface area contributed by atoms with Crippen LogP contribution < -0.4 is 14.9 Å². The van der Waals surface area contributed by atoms with E-state index < -0.39 is 38.6 Å². The van der Waals surface area contributed by atoms with E-state index in [0.717, 1.165) is 12.1 Å². The Hall–Kier alpha value is -3.84. The van der Waals surface area contributed by atoms with Crippen LogP contribution in [0.4, 0.5) is 30.4 Å². The van der Waals surface area contributed by atoms with Gasteiger partial charge in [-0.15, -0.1) is 0 Å². The topological polar surface area (TPSA) is 122 Å². The minimum atomic E-state index is -4.68. The highest BCUT2D eigenvalue weighted by molar-refractivity contribution is 7.92. The van der Waals surface area contributed by atoms with Gasteiger partial charge in [-0.3, -0.25) is 9.59 Å². The summed E-state index contributed by atoms with van der Waals surface area (Å²) in [5.41, 5.74) is -0.485. The van der Waals surface area contributed by atoms with E-state index in [9.17, 15) is 31.2 Å². The Balaban J connectivity index is 1.54. The Labute approximate surface area is 207 Å². The lowest BCUT2D eigenvalue weighted by Gasteiger charge is -2.17. The molecule has 36 heavy (non-hydrogen) atoms. The molecule has 0 saturated heterocycles. The monoisotopic (exact) mass is 540 g/mol. The highest BCUT2D eigenvalue weighted by Gasteiger charge is 2.40. The first kappa shape index (κ1) is 25.3. The van der Waals surface area contributed by atoms with E-state index in [4.69, 9.17) is 16.1 Å². The molecule has 0 radical (unpaired) electrons. The van der Waals surface area contributed by atoms with E-state index in [0.29, 0.717) is 22.2 Å². The zero-order chi connectivity index (χ0) is 26.4. The summed E-state index contributed by atoms with van der Waals surface area (Å²) in [7, 11) is -4.03. The molecular weight excluding hydrogens is 525 g/mol. The fourth-order valence-electron chi connectivity index (χ4n) is 3.22. The second-order valence-corrected chi connectivity index (χ2v) is 9.72. The molecule has 2 N–H and O–H groups in total. The number of aryl methyl sites for hydroxylation is 1. The maximum Gasteiger partial charge on any atom is 0.416 e. The molecule has 4 rings (SSSR count). The van der Waals surface area contributed by atoms with Crippen molar-refractivity contribution in [3.63, 3.8) is 0 Å². The number of nitrogens with zero attached hydrogens (tertiary/aromatic N) is 2. The second kappa shape index (κ2) is 8.99. The molecule has 9 nitrogen and oxygen atoms in total. The maximum absolute atomic E-state index is 13.1. The standard InChI is InChI=1S/C22H16ClF3N4O5S/c1-11-12(2)28-35-19(11)29-36(33,34)16-8-6-14(7-9-16)27-18-17(23)20(31)30(21(18)32)15-5-3-4-13(10-15)22(24,25)26/h3-10,27,29H,1-2H3. The second-order valence-electron chi connectivity index (χ2n) is 7.66. The summed E-state index contributed by atoms with van der Waals surface area (Å²) >= 11 is 6.02. The van der Waals surface area contributed by atoms with E-state index in [1.165, 1.54) is 30.3 Å². The first-order valence-electron chi connectivity index (χ1n) is 10.1. The van der Waals surface area contributed by atoms with Crippen LogP contribution in [0, 0.1) is 13.8 Å². The van der Waals surface area contributed by atoms with Crippen LogP contribution in [-0.2, 0) is 25.8 Å². The van der Waals surface area contributed by atoms with Gasteiger partial charge in [0.1, 0.15) is 10.7 Å². The van der Waals surface area contributed by atoms with Crippen LogP contribution in [0.3, 0.4) is 0 Å². The number of imide groups is 1. The van der Waals surface area contributed by atoms with Crippen LogP contribution in [0.25, 0.3) is 0 Å². The quantitative estimate of drug-likeness (QED) is 0.440. The van der Waals surface area contributed by atoms with Gasteiger partial charge in [0.05, 0.1) is 21.8 Å². The van der Waals surface area contributed by atoms with Gasteiger partial charge < -0.3 is 9.84 Å². The first-order chi connectivity index (χ1) is 16.8. The molecule has 188 valence electrons. The number of aromatic nitrogens is 1. The minimum Gasteiger partial charge on any atom is -0.350 e. The lowest BCUT2D eigenvalue weighted by Crippen LogP contribution is -2.32. The fourth-order valence-corrected chi connectivity index (χ4v) is 4.48. The van der Waals surface area contributed by atoms with Crippen LogP contribution in [0.1, 0.15) is 16.8 Å². The Morgan fingerprint density at radius 3 is 2.28 bits per heavy atom. The highest BCUT2D eigenvalue weighted by Crippen LogP contribution is 2.35. The number of carbonyl (C=O) groups is 2. The lowest BCUT2D eigenvalue weighted by atomic mass is 10.2. The predicted molar refractivity (Wildman–Crippen MR) is 124 cm³/mol. The molecule has 0 atom stereocenters. The van der Waals surface area contributed by atoms with Crippen molar-refractivity contribution in [2.24, 2.45) is 0 Å². The normalized spacial score (nSPS) is 14.6. The third-order valence-corrected chi connectivity index (χ3v) is 6.97. The molecule has 0 fully saturated rings. The number of hydrogen-bond donors (Lipinski definition) is 2. The average Bonchev–Trinajstić information content (AvgIpc) is 3.23. The smallest absolute Gasteiger partial charge is 0.350 e. The summed E-state index contributed by atoms with van der Waals surface area (Å²) in [5, 5.41) is 5.77. The van der Waals surface area contributed by atoms with Crippen molar-refractivity contribution in [2.75, 3.05) is 14.9 Å². The molecule has 0 unspecified atom stereocenters. The average molecular weight is 541 g/mol. The number of rotatable bonds is 6. The summed E-state index contributed by atoms with van der Waals surface area (Å²) < 4.78 is 71.7. The molecule has 0 bridgehead atoms. The van der Waals surface area contributed by atoms with Crippen molar-refractivity contribution in [3.05, 3.63) is 76.1 Å². The summed E-state index contributed by atoms with van der Waals surface area (Å²) in [5.74, 6) is -2.01. The molecule has 14 heteroatoms. The van der Waals surface area contributed by atoms with Crippen molar-refractivity contribution >= 4 is 50.7 Å². The van der Waals surface area contributed by atoms with Gasteiger partial charge in [0.15, 0.2) is 0 Å². The van der Waals surface area contributed by atoms with Crippen molar-refractivity contribution in [1.82, 2.24) is 5.16 Å². The predicted octanol–water partition coefficient (Wildman–Crippen LogP) is 4.55. The molecule has 1 aliphatic heterocycles. The number of amides is 2. The van der Waals surface area contributed by atoms with Crippen LogP contribution in [0.5, 0.6) is 0 Å². The number of sulfonamides is 1. The minimum absolute atomic E-state index is 0.0311. The molecule has 0 spiro atoms. The zero-order valence-electron chi connectivity index (χ0n) is 18.5. The number of nitrogens with one attached hydrogen (secondary N) is 2. The molecule has 2 heterocycles. The summed E-state index contributed by atoms with van der Waals surface area (Å²) in [6, 6.07) is 8.78. The van der Waals surface area contributed by atoms with Crippen molar-refractivity contribution in [3.8, 4) is 0 Å². The largest absolute Gasteiger partial charge is 0.416 e. The fraction of sp³-hybridized carbons (Fsp3) is 0.136. The third-order valence-electron chi connectivity index (χ3n) is 5.28. The van der Waals surface area contributed by atoms with Crippen LogP contribution in [0.15, 0.2) is 68.7 Å². The van der Waals surface area contributed by atoms with E-state index in [1.54, 1.807) is 13.8 Å². The van der Waals surface area contributed by atoms with Gasteiger partial charge >= 0.3 is 6.18 Å². The molecule has 1 aromatic heterocycles. The van der Waals surface area contributed by atoms with Crippen molar-refractivity contribution in [2.45, 2.75) is 24.9 Å². The van der Waals surface area contributed by atoms with Gasteiger partial charge in [-0.25, -0.2) is 18.0 Å². The molecule has 0 aliphatic carbocycles. The van der Waals surface area contributed by atoms with E-state index >= 15 is 0 Å². The SMILES string of the molecule is Cc1noc(NS(=O)(=O)c2ccc(NC3=C(Cl)C(=O)N(c4cccc(C(F)(F)F)c4)C3=O)cc2)c1C. The molecule has 2 aromatic carbocycles. The molecular formula is C22H16ClF3N4O5S. The number of carbonyl (C=O) groups excluding carboxylic acids is 2. The molecule has 3 aromatic rings. The molecule has 1 aliphatic rings. The van der Waals surface area contributed by atoms with Gasteiger partial charge in [-0.05, 0) is 56.3 Å². The Morgan fingerprint density at radius 2 is 1.69 bits per heavy atom. The molecule has 2 amide bonds. The van der Waals surface area contributed by atoms with Crippen LogP contribution in [-0.4, -0.2) is 25.4 Å². The number of alkyl halides is 3. The van der Waals surface area contributed by atoms with Gasteiger partial charge in [0.2, 0.25) is 5.88 Å². The number of hydrogen-bond acceptors (Lipinski definition) is 7. The molecule has 0 saturated carbocycles. The van der Waals surface area contributed by atoms with Crippen LogP contribution >= 0.6 is 11.6 Å². The number of anilines is 3. The summed E-state index contributed by atoms with van der Waals surface area (Å²) in [4.78, 5) is 25.8. The Bertz CT molecular complexity index is 1520. The van der Waals surface area contributed by atoms with E-state index in [2.05, 4.69) is 15.2 Å². The van der Waals surface area contributed by atoms with Crippen molar-refractivity contribution in [1.29, 1.82) is 0 Å². The van der Waals surface area contributed by atoms with Gasteiger partial charge in [0.25, 0.3) is 21.8 Å². The van der Waals surface area contributed by atoms with Gasteiger partial charge in [-0.1, -0.05) is 22.8 Å². The highest BCUT2D eigenvalue weighted by atomic mass is 35.5.